The number of nitrogens with one attached hydrogen (secondary N) is 2. The van der Waals surface area contributed by atoms with Gasteiger partial charge < -0.3 is 9.73 Å². The molecule has 2 N–H and O–H groups in total. The van der Waals surface area contributed by atoms with Crippen LogP contribution in [0.25, 0.3) is 0 Å². The molecule has 0 unspecified atom stereocenters. The lowest BCUT2D eigenvalue weighted by Crippen LogP contribution is -2.15. The standard InChI is InChI=1S/C17H14FN3O3S/c1-10-4-5-11(7-13(10)18)19-15(22)8-12-9-25-17(20-12)21-16(23)14-3-2-6-24-14/h2-7,9H,8H2,1H3,(H,19,22)(H,20,21,23). The first-order valence-electron chi connectivity index (χ1n) is 7.36. The van der Waals surface area contributed by atoms with Gasteiger partial charge >= 0.3 is 0 Å². The topological polar surface area (TPSA) is 84.2 Å². The monoisotopic (exact) mass is 359 g/mol. The van der Waals surface area contributed by atoms with Gasteiger partial charge in [-0.25, -0.2) is 9.37 Å². The number of halogens is 1. The van der Waals surface area contributed by atoms with E-state index in [0.717, 1.165) is 0 Å². The van der Waals surface area contributed by atoms with Crippen LogP contribution < -0.4 is 10.6 Å². The predicted octanol–water partition coefficient (Wildman–Crippen LogP) is 3.62. The number of carbonyl (C=O) groups excluding carboxylic acids is 2. The number of carbonyl (C=O) groups is 2. The average Bonchev–Trinajstić information content (AvgIpc) is 3.23. The van der Waals surface area contributed by atoms with Gasteiger partial charge in [-0.2, -0.15) is 0 Å². The van der Waals surface area contributed by atoms with Gasteiger partial charge in [0, 0.05) is 11.1 Å². The number of benzene rings is 1. The van der Waals surface area contributed by atoms with Crippen molar-refractivity contribution in [2.75, 3.05) is 10.6 Å². The van der Waals surface area contributed by atoms with Gasteiger partial charge in [0.25, 0.3) is 5.91 Å². The maximum absolute atomic E-state index is 13.5. The smallest absolute Gasteiger partial charge is 0.293 e. The van der Waals surface area contributed by atoms with Crippen LogP contribution in [0.1, 0.15) is 21.8 Å². The minimum Gasteiger partial charge on any atom is -0.459 e. The van der Waals surface area contributed by atoms with Gasteiger partial charge in [-0.05, 0) is 36.8 Å². The van der Waals surface area contributed by atoms with Crippen LogP contribution in [-0.4, -0.2) is 16.8 Å². The molecule has 8 heteroatoms. The number of aromatic nitrogens is 1. The second kappa shape index (κ2) is 7.27. The molecule has 128 valence electrons. The number of aryl methyl sites for hydroxylation is 1. The molecule has 2 amide bonds. The Morgan fingerprint density at radius 1 is 1.28 bits per heavy atom. The van der Waals surface area contributed by atoms with Gasteiger partial charge in [-0.15, -0.1) is 11.3 Å². The Morgan fingerprint density at radius 2 is 2.12 bits per heavy atom. The molecule has 3 rings (SSSR count). The summed E-state index contributed by atoms with van der Waals surface area (Å²) in [5.74, 6) is -0.937. The highest BCUT2D eigenvalue weighted by Gasteiger charge is 2.13. The molecule has 2 heterocycles. The summed E-state index contributed by atoms with van der Waals surface area (Å²) in [6, 6.07) is 7.64. The summed E-state index contributed by atoms with van der Waals surface area (Å²) < 4.78 is 18.5. The van der Waals surface area contributed by atoms with Crippen LogP contribution in [0.5, 0.6) is 0 Å². The van der Waals surface area contributed by atoms with Crippen LogP contribution in [0.4, 0.5) is 15.2 Å². The van der Waals surface area contributed by atoms with Crippen molar-refractivity contribution in [3.63, 3.8) is 0 Å². The van der Waals surface area contributed by atoms with E-state index in [0.29, 0.717) is 22.1 Å². The molecule has 0 radical (unpaired) electrons. The van der Waals surface area contributed by atoms with Crippen molar-refractivity contribution in [2.45, 2.75) is 13.3 Å². The van der Waals surface area contributed by atoms with Crippen LogP contribution in [-0.2, 0) is 11.2 Å². The fraction of sp³-hybridized carbons (Fsp3) is 0.118. The molecular weight excluding hydrogens is 345 g/mol. The summed E-state index contributed by atoms with van der Waals surface area (Å²) in [5.41, 5.74) is 1.40. The van der Waals surface area contributed by atoms with Gasteiger partial charge in [-0.3, -0.25) is 14.9 Å². The fourth-order valence-corrected chi connectivity index (χ4v) is 2.76. The lowest BCUT2D eigenvalue weighted by atomic mass is 10.2. The van der Waals surface area contributed by atoms with Crippen molar-refractivity contribution in [1.82, 2.24) is 4.98 Å². The second-order valence-electron chi connectivity index (χ2n) is 5.26. The van der Waals surface area contributed by atoms with Crippen molar-refractivity contribution < 1.29 is 18.4 Å². The van der Waals surface area contributed by atoms with Crippen LogP contribution in [0.15, 0.2) is 46.4 Å². The largest absolute Gasteiger partial charge is 0.459 e. The Morgan fingerprint density at radius 3 is 2.84 bits per heavy atom. The molecule has 0 saturated heterocycles. The van der Waals surface area contributed by atoms with Gasteiger partial charge in [-0.1, -0.05) is 6.07 Å². The Balaban J connectivity index is 1.58. The quantitative estimate of drug-likeness (QED) is 0.729. The summed E-state index contributed by atoms with van der Waals surface area (Å²) >= 11 is 1.20. The highest BCUT2D eigenvalue weighted by Crippen LogP contribution is 2.18. The summed E-state index contributed by atoms with van der Waals surface area (Å²) in [4.78, 5) is 28.1. The van der Waals surface area contributed by atoms with Crippen LogP contribution in [0.3, 0.4) is 0 Å². The third-order valence-corrected chi connectivity index (χ3v) is 4.12. The van der Waals surface area contributed by atoms with Crippen molar-refractivity contribution in [2.24, 2.45) is 0 Å². The SMILES string of the molecule is Cc1ccc(NC(=O)Cc2csc(NC(=O)c3ccco3)n2)cc1F. The Kier molecular flexibility index (Phi) is 4.90. The minimum atomic E-state index is -0.412. The highest BCUT2D eigenvalue weighted by atomic mass is 32.1. The molecule has 0 aliphatic carbocycles. The predicted molar refractivity (Wildman–Crippen MR) is 92.2 cm³/mol. The maximum atomic E-state index is 13.5. The Bertz CT molecular complexity index is 906. The minimum absolute atomic E-state index is 0.0165. The summed E-state index contributed by atoms with van der Waals surface area (Å²) in [5, 5.41) is 7.25. The van der Waals surface area contributed by atoms with Crippen molar-refractivity contribution in [3.05, 3.63) is 64.8 Å². The molecule has 0 aliphatic rings. The lowest BCUT2D eigenvalue weighted by Gasteiger charge is -2.05. The summed E-state index contributed by atoms with van der Waals surface area (Å²) in [7, 11) is 0. The van der Waals surface area contributed by atoms with Gasteiger partial charge in [0.05, 0.1) is 18.4 Å². The van der Waals surface area contributed by atoms with Gasteiger partial charge in [0.2, 0.25) is 5.91 Å². The number of amides is 2. The van der Waals surface area contributed by atoms with Crippen LogP contribution in [0.2, 0.25) is 0 Å². The molecule has 2 aromatic heterocycles. The molecule has 25 heavy (non-hydrogen) atoms. The number of rotatable bonds is 5. The lowest BCUT2D eigenvalue weighted by molar-refractivity contribution is -0.115. The molecule has 3 aromatic rings. The van der Waals surface area contributed by atoms with Crippen molar-refractivity contribution in [1.29, 1.82) is 0 Å². The van der Waals surface area contributed by atoms with Crippen LogP contribution in [0, 0.1) is 12.7 Å². The highest BCUT2D eigenvalue weighted by molar-refractivity contribution is 7.14. The van der Waals surface area contributed by atoms with E-state index in [9.17, 15) is 14.0 Å². The van der Waals surface area contributed by atoms with Crippen molar-refractivity contribution in [3.8, 4) is 0 Å². The Labute approximate surface area is 146 Å². The van der Waals surface area contributed by atoms with E-state index >= 15 is 0 Å². The first-order valence-corrected chi connectivity index (χ1v) is 8.24. The third-order valence-electron chi connectivity index (χ3n) is 3.31. The molecule has 0 saturated carbocycles. The first kappa shape index (κ1) is 16.8. The molecule has 1 aromatic carbocycles. The second-order valence-corrected chi connectivity index (χ2v) is 6.12. The number of hydrogen-bond acceptors (Lipinski definition) is 5. The van der Waals surface area contributed by atoms with E-state index in [1.165, 1.54) is 29.7 Å². The zero-order valence-corrected chi connectivity index (χ0v) is 14.0. The molecule has 0 bridgehead atoms. The number of hydrogen-bond donors (Lipinski definition) is 2. The van der Waals surface area contributed by atoms with Gasteiger partial charge in [0.1, 0.15) is 5.82 Å². The average molecular weight is 359 g/mol. The molecular formula is C17H14FN3O3S. The molecule has 0 aliphatic heterocycles. The number of nitrogens with zero attached hydrogens (tertiary/aromatic N) is 1. The summed E-state index contributed by atoms with van der Waals surface area (Å²) in [6.45, 7) is 1.65. The number of thiazole rings is 1. The molecule has 6 nitrogen and oxygen atoms in total. The van der Waals surface area contributed by atoms with Gasteiger partial charge in [0.15, 0.2) is 10.9 Å². The third kappa shape index (κ3) is 4.30. The van der Waals surface area contributed by atoms with E-state index in [1.54, 1.807) is 30.5 Å². The summed E-state index contributed by atoms with van der Waals surface area (Å²) in [6.07, 6.45) is 1.42. The zero-order valence-electron chi connectivity index (χ0n) is 13.2. The van der Waals surface area contributed by atoms with E-state index in [2.05, 4.69) is 15.6 Å². The van der Waals surface area contributed by atoms with Crippen LogP contribution >= 0.6 is 11.3 Å². The Hall–Kier alpha value is -3.00. The molecule has 0 atom stereocenters. The maximum Gasteiger partial charge on any atom is 0.293 e. The van der Waals surface area contributed by atoms with Crippen molar-refractivity contribution >= 4 is 34.0 Å². The zero-order chi connectivity index (χ0) is 17.8. The number of anilines is 2. The molecule has 0 fully saturated rings. The van der Waals surface area contributed by atoms with E-state index in [1.807, 2.05) is 0 Å². The first-order chi connectivity index (χ1) is 12.0. The fourth-order valence-electron chi connectivity index (χ4n) is 2.05. The molecule has 0 spiro atoms. The number of furan rings is 1. The van der Waals surface area contributed by atoms with E-state index in [-0.39, 0.29) is 23.9 Å². The van der Waals surface area contributed by atoms with E-state index < -0.39 is 5.91 Å². The normalized spacial score (nSPS) is 10.5. The van der Waals surface area contributed by atoms with E-state index in [4.69, 9.17) is 4.42 Å².